The van der Waals surface area contributed by atoms with Gasteiger partial charge in [-0.1, -0.05) is 6.92 Å². The first-order valence-electron chi connectivity index (χ1n) is 6.96. The summed E-state index contributed by atoms with van der Waals surface area (Å²) in [7, 11) is 0. The number of nitro benzene ring substituents is 1. The van der Waals surface area contributed by atoms with E-state index in [1.165, 1.54) is 6.07 Å². The smallest absolute Gasteiger partial charge is 0.311 e. The van der Waals surface area contributed by atoms with Crippen LogP contribution in [0.15, 0.2) is 18.2 Å². The summed E-state index contributed by atoms with van der Waals surface area (Å²) in [5.74, 6) is 0.318. The Labute approximate surface area is 118 Å². The van der Waals surface area contributed by atoms with Crippen molar-refractivity contribution in [3.8, 4) is 5.75 Å². The number of hydrogen-bond donors (Lipinski definition) is 1. The highest BCUT2D eigenvalue weighted by molar-refractivity contribution is 5.58. The van der Waals surface area contributed by atoms with Crippen LogP contribution in [0.5, 0.6) is 5.75 Å². The second-order valence-corrected chi connectivity index (χ2v) is 4.85. The summed E-state index contributed by atoms with van der Waals surface area (Å²) in [6.07, 6.45) is 2.89. The Morgan fingerprint density at radius 3 is 3.05 bits per heavy atom. The van der Waals surface area contributed by atoms with Crippen molar-refractivity contribution >= 4 is 11.4 Å². The molecule has 1 saturated heterocycles. The fourth-order valence-corrected chi connectivity index (χ4v) is 2.17. The SMILES string of the molecule is CCCOc1cc(NC2CCCOC2)ccc1[N+](=O)[O-]. The fraction of sp³-hybridized carbons (Fsp3) is 0.571. The molecule has 1 N–H and O–H groups in total. The van der Waals surface area contributed by atoms with E-state index in [1.807, 2.05) is 6.92 Å². The quantitative estimate of drug-likeness (QED) is 0.640. The van der Waals surface area contributed by atoms with E-state index in [4.69, 9.17) is 9.47 Å². The minimum absolute atomic E-state index is 0.00361. The van der Waals surface area contributed by atoms with Gasteiger partial charge in [-0.15, -0.1) is 0 Å². The lowest BCUT2D eigenvalue weighted by atomic mass is 10.1. The van der Waals surface area contributed by atoms with Gasteiger partial charge in [-0.2, -0.15) is 0 Å². The largest absolute Gasteiger partial charge is 0.487 e. The third-order valence-corrected chi connectivity index (χ3v) is 3.15. The average molecular weight is 280 g/mol. The predicted molar refractivity (Wildman–Crippen MR) is 76.3 cm³/mol. The third kappa shape index (κ3) is 3.84. The predicted octanol–water partition coefficient (Wildman–Crippen LogP) is 2.97. The maximum atomic E-state index is 11.0. The van der Waals surface area contributed by atoms with Crippen molar-refractivity contribution in [3.05, 3.63) is 28.3 Å². The molecule has 1 aliphatic rings. The summed E-state index contributed by atoms with van der Waals surface area (Å²) >= 11 is 0. The highest BCUT2D eigenvalue weighted by atomic mass is 16.6. The maximum Gasteiger partial charge on any atom is 0.311 e. The molecule has 0 bridgehead atoms. The van der Waals surface area contributed by atoms with Gasteiger partial charge in [-0.05, 0) is 25.3 Å². The molecule has 1 unspecified atom stereocenters. The first kappa shape index (κ1) is 14.6. The molecule has 6 heteroatoms. The molecule has 1 aromatic rings. The van der Waals surface area contributed by atoms with E-state index in [0.29, 0.717) is 19.0 Å². The van der Waals surface area contributed by atoms with E-state index in [1.54, 1.807) is 12.1 Å². The Morgan fingerprint density at radius 1 is 1.55 bits per heavy atom. The molecule has 0 amide bonds. The highest BCUT2D eigenvalue weighted by Gasteiger charge is 2.18. The first-order valence-corrected chi connectivity index (χ1v) is 6.96. The van der Waals surface area contributed by atoms with Crippen LogP contribution in [0.1, 0.15) is 26.2 Å². The van der Waals surface area contributed by atoms with E-state index in [0.717, 1.165) is 31.6 Å². The zero-order valence-electron chi connectivity index (χ0n) is 11.6. The number of hydrogen-bond acceptors (Lipinski definition) is 5. The van der Waals surface area contributed by atoms with Crippen LogP contribution in [0.25, 0.3) is 0 Å². The molecular weight excluding hydrogens is 260 g/mol. The molecule has 110 valence electrons. The second-order valence-electron chi connectivity index (χ2n) is 4.85. The lowest BCUT2D eigenvalue weighted by Crippen LogP contribution is -2.29. The molecule has 1 atom stereocenters. The third-order valence-electron chi connectivity index (χ3n) is 3.15. The maximum absolute atomic E-state index is 11.0. The topological polar surface area (TPSA) is 73.6 Å². The van der Waals surface area contributed by atoms with Gasteiger partial charge in [0.15, 0.2) is 5.75 Å². The summed E-state index contributed by atoms with van der Waals surface area (Å²) in [6, 6.07) is 5.15. The summed E-state index contributed by atoms with van der Waals surface area (Å²) in [5.41, 5.74) is 0.834. The normalized spacial score (nSPS) is 18.6. The summed E-state index contributed by atoms with van der Waals surface area (Å²) in [6.45, 7) is 3.91. The van der Waals surface area contributed by atoms with Crippen LogP contribution >= 0.6 is 0 Å². The molecule has 0 radical (unpaired) electrons. The van der Waals surface area contributed by atoms with Crippen LogP contribution in [0.3, 0.4) is 0 Å². The standard InChI is InChI=1S/C14H20N2O4/c1-2-7-20-14-9-11(5-6-13(14)16(17)18)15-12-4-3-8-19-10-12/h5-6,9,12,15H,2-4,7-8,10H2,1H3. The van der Waals surface area contributed by atoms with Gasteiger partial charge >= 0.3 is 5.69 Å². The van der Waals surface area contributed by atoms with Crippen molar-refractivity contribution in [2.45, 2.75) is 32.2 Å². The van der Waals surface area contributed by atoms with Gasteiger partial charge in [-0.25, -0.2) is 0 Å². The van der Waals surface area contributed by atoms with Crippen molar-refractivity contribution in [2.24, 2.45) is 0 Å². The van der Waals surface area contributed by atoms with Crippen molar-refractivity contribution in [1.29, 1.82) is 0 Å². The molecule has 0 saturated carbocycles. The minimum atomic E-state index is -0.418. The Kier molecular flexibility index (Phi) is 5.17. The minimum Gasteiger partial charge on any atom is -0.487 e. The van der Waals surface area contributed by atoms with E-state index >= 15 is 0 Å². The molecule has 20 heavy (non-hydrogen) atoms. The van der Waals surface area contributed by atoms with Crippen LogP contribution < -0.4 is 10.1 Å². The zero-order chi connectivity index (χ0) is 14.4. The number of nitrogens with zero attached hydrogens (tertiary/aromatic N) is 1. The van der Waals surface area contributed by atoms with Crippen molar-refractivity contribution in [1.82, 2.24) is 0 Å². The van der Waals surface area contributed by atoms with Crippen molar-refractivity contribution in [2.75, 3.05) is 25.1 Å². The van der Waals surface area contributed by atoms with Crippen LogP contribution in [0, 0.1) is 10.1 Å². The molecular formula is C14H20N2O4. The molecule has 1 heterocycles. The zero-order valence-corrected chi connectivity index (χ0v) is 11.6. The van der Waals surface area contributed by atoms with Gasteiger partial charge in [0.05, 0.1) is 18.1 Å². The molecule has 0 aromatic heterocycles. The van der Waals surface area contributed by atoms with Gasteiger partial charge in [0.2, 0.25) is 0 Å². The number of nitrogens with one attached hydrogen (secondary N) is 1. The Morgan fingerprint density at radius 2 is 2.40 bits per heavy atom. The number of anilines is 1. The fourth-order valence-electron chi connectivity index (χ4n) is 2.17. The number of rotatable bonds is 6. The van der Waals surface area contributed by atoms with Crippen molar-refractivity contribution in [3.63, 3.8) is 0 Å². The van der Waals surface area contributed by atoms with Gasteiger partial charge in [0.25, 0.3) is 0 Å². The Hall–Kier alpha value is -1.82. The van der Waals surface area contributed by atoms with Crippen LogP contribution in [0.2, 0.25) is 0 Å². The lowest BCUT2D eigenvalue weighted by Gasteiger charge is -2.24. The lowest BCUT2D eigenvalue weighted by molar-refractivity contribution is -0.385. The Balaban J connectivity index is 2.10. The molecule has 1 aliphatic heterocycles. The number of benzene rings is 1. The van der Waals surface area contributed by atoms with Crippen LogP contribution in [-0.4, -0.2) is 30.8 Å². The Bertz CT molecular complexity index is 458. The van der Waals surface area contributed by atoms with Gasteiger partial charge in [0.1, 0.15) is 0 Å². The first-order chi connectivity index (χ1) is 9.70. The second kappa shape index (κ2) is 7.09. The molecule has 2 rings (SSSR count). The highest BCUT2D eigenvalue weighted by Crippen LogP contribution is 2.30. The van der Waals surface area contributed by atoms with Gasteiger partial charge in [0, 0.05) is 30.5 Å². The van der Waals surface area contributed by atoms with E-state index in [2.05, 4.69) is 5.32 Å². The average Bonchev–Trinajstić information content (AvgIpc) is 2.46. The summed E-state index contributed by atoms with van der Waals surface area (Å²) in [4.78, 5) is 10.6. The molecule has 1 aromatic carbocycles. The summed E-state index contributed by atoms with van der Waals surface area (Å²) < 4.78 is 10.9. The molecule has 0 spiro atoms. The molecule has 0 aliphatic carbocycles. The van der Waals surface area contributed by atoms with E-state index in [9.17, 15) is 10.1 Å². The van der Waals surface area contributed by atoms with E-state index in [-0.39, 0.29) is 11.7 Å². The number of nitro groups is 1. The number of ether oxygens (including phenoxy) is 2. The van der Waals surface area contributed by atoms with Gasteiger partial charge in [-0.3, -0.25) is 10.1 Å². The van der Waals surface area contributed by atoms with E-state index < -0.39 is 4.92 Å². The molecule has 6 nitrogen and oxygen atoms in total. The van der Waals surface area contributed by atoms with Crippen molar-refractivity contribution < 1.29 is 14.4 Å². The van der Waals surface area contributed by atoms with Gasteiger partial charge < -0.3 is 14.8 Å². The summed E-state index contributed by atoms with van der Waals surface area (Å²) in [5, 5.41) is 14.3. The molecule has 1 fully saturated rings. The van der Waals surface area contributed by atoms with Crippen LogP contribution in [-0.2, 0) is 4.74 Å². The van der Waals surface area contributed by atoms with Crippen LogP contribution in [0.4, 0.5) is 11.4 Å². The monoisotopic (exact) mass is 280 g/mol.